The van der Waals surface area contributed by atoms with E-state index in [-0.39, 0.29) is 17.9 Å². The fraction of sp³-hybridized carbons (Fsp3) is 0.444. The molecular weight excluding hydrogens is 330 g/mol. The van der Waals surface area contributed by atoms with Gasteiger partial charge in [0.05, 0.1) is 6.61 Å². The van der Waals surface area contributed by atoms with Crippen LogP contribution in [-0.2, 0) is 13.2 Å². The zero-order chi connectivity index (χ0) is 16.0. The van der Waals surface area contributed by atoms with Crippen molar-refractivity contribution in [2.45, 2.75) is 46.4 Å². The van der Waals surface area contributed by atoms with E-state index in [0.29, 0.717) is 13.2 Å². The first-order chi connectivity index (χ1) is 10.5. The van der Waals surface area contributed by atoms with Crippen LogP contribution in [0, 0.1) is 0 Å². The van der Waals surface area contributed by atoms with Crippen molar-refractivity contribution in [1.29, 1.82) is 0 Å². The largest absolute Gasteiger partial charge is 0.490 e. The van der Waals surface area contributed by atoms with Crippen molar-refractivity contribution in [1.82, 2.24) is 5.32 Å². The van der Waals surface area contributed by atoms with Crippen molar-refractivity contribution in [2.24, 2.45) is 0 Å². The lowest BCUT2D eigenvalue weighted by Crippen LogP contribution is -2.35. The van der Waals surface area contributed by atoms with Gasteiger partial charge in [-0.15, -0.1) is 23.7 Å². The average molecular weight is 356 g/mol. The van der Waals surface area contributed by atoms with Gasteiger partial charge in [0.25, 0.3) is 0 Å². The number of hydrogen-bond donors (Lipinski definition) is 1. The molecule has 0 aliphatic carbocycles. The Morgan fingerprint density at radius 1 is 1.09 bits per heavy atom. The summed E-state index contributed by atoms with van der Waals surface area (Å²) in [6.07, 6.45) is 0. The molecule has 1 aromatic heterocycles. The van der Waals surface area contributed by atoms with Gasteiger partial charge >= 0.3 is 0 Å². The van der Waals surface area contributed by atoms with Gasteiger partial charge in [-0.2, -0.15) is 0 Å². The molecule has 0 amide bonds. The zero-order valence-electron chi connectivity index (χ0n) is 14.2. The summed E-state index contributed by atoms with van der Waals surface area (Å²) >= 11 is 1.70. The normalized spacial score (nSPS) is 11.0. The van der Waals surface area contributed by atoms with Crippen LogP contribution < -0.4 is 14.8 Å². The van der Waals surface area contributed by atoms with Crippen molar-refractivity contribution >= 4 is 23.7 Å². The number of halogens is 1. The molecule has 0 radical (unpaired) electrons. The molecule has 5 heteroatoms. The van der Waals surface area contributed by atoms with Crippen molar-refractivity contribution in [3.8, 4) is 11.5 Å². The monoisotopic (exact) mass is 355 g/mol. The first-order valence-electron chi connectivity index (χ1n) is 7.64. The van der Waals surface area contributed by atoms with Gasteiger partial charge in [0.1, 0.15) is 6.61 Å². The molecule has 0 bridgehead atoms. The fourth-order valence-corrected chi connectivity index (χ4v) is 2.58. The number of benzene rings is 1. The summed E-state index contributed by atoms with van der Waals surface area (Å²) in [5.41, 5.74) is 1.29. The Morgan fingerprint density at radius 2 is 1.87 bits per heavy atom. The Balaban J connectivity index is 0.00000264. The molecule has 0 saturated heterocycles. The highest BCUT2D eigenvalue weighted by atomic mass is 35.5. The maximum Gasteiger partial charge on any atom is 0.161 e. The maximum absolute atomic E-state index is 5.90. The van der Waals surface area contributed by atoms with Crippen LogP contribution in [0.1, 0.15) is 38.1 Å². The SMILES string of the molecule is CCOc1cc(CNC(C)(C)C)ccc1OCc1cccs1.Cl. The van der Waals surface area contributed by atoms with Gasteiger partial charge in [-0.05, 0) is 56.8 Å². The van der Waals surface area contributed by atoms with Crippen LogP contribution >= 0.6 is 23.7 Å². The van der Waals surface area contributed by atoms with Gasteiger partial charge in [-0.25, -0.2) is 0 Å². The average Bonchev–Trinajstić information content (AvgIpc) is 2.97. The predicted octanol–water partition coefficient (Wildman–Crippen LogP) is 5.04. The van der Waals surface area contributed by atoms with E-state index >= 15 is 0 Å². The van der Waals surface area contributed by atoms with Crippen molar-refractivity contribution < 1.29 is 9.47 Å². The van der Waals surface area contributed by atoms with Crippen LogP contribution in [-0.4, -0.2) is 12.1 Å². The lowest BCUT2D eigenvalue weighted by molar-refractivity contribution is 0.271. The molecule has 2 aromatic rings. The van der Waals surface area contributed by atoms with Gasteiger partial charge in [-0.3, -0.25) is 0 Å². The molecule has 0 aliphatic heterocycles. The molecule has 1 heterocycles. The molecule has 0 spiro atoms. The molecule has 1 N–H and O–H groups in total. The van der Waals surface area contributed by atoms with Gasteiger partial charge < -0.3 is 14.8 Å². The highest BCUT2D eigenvalue weighted by Gasteiger charge is 2.11. The van der Waals surface area contributed by atoms with E-state index < -0.39 is 0 Å². The number of rotatable bonds is 7. The highest BCUT2D eigenvalue weighted by Crippen LogP contribution is 2.29. The second kappa shape index (κ2) is 9.16. The molecular formula is C18H26ClNO2S. The quantitative estimate of drug-likeness (QED) is 0.755. The Bertz CT molecular complexity index is 579. The third kappa shape index (κ3) is 6.81. The van der Waals surface area contributed by atoms with Gasteiger partial charge in [0.2, 0.25) is 0 Å². The molecule has 0 saturated carbocycles. The number of hydrogen-bond acceptors (Lipinski definition) is 4. The molecule has 128 valence electrons. The van der Waals surface area contributed by atoms with E-state index in [9.17, 15) is 0 Å². The van der Waals surface area contributed by atoms with Crippen LogP contribution in [0.2, 0.25) is 0 Å². The molecule has 0 aliphatic rings. The van der Waals surface area contributed by atoms with Crippen LogP contribution in [0.4, 0.5) is 0 Å². The van der Waals surface area contributed by atoms with E-state index in [1.165, 1.54) is 10.4 Å². The van der Waals surface area contributed by atoms with E-state index in [1.807, 2.05) is 19.1 Å². The molecule has 2 rings (SSSR count). The van der Waals surface area contributed by atoms with E-state index in [1.54, 1.807) is 11.3 Å². The second-order valence-corrected chi connectivity index (χ2v) is 7.22. The standard InChI is InChI=1S/C18H25NO2S.ClH/c1-5-20-17-11-14(12-19-18(2,3)4)8-9-16(17)21-13-15-7-6-10-22-15;/h6-11,19H,5,12-13H2,1-4H3;1H. The number of nitrogens with one attached hydrogen (secondary N) is 1. The summed E-state index contributed by atoms with van der Waals surface area (Å²) in [7, 11) is 0. The third-order valence-electron chi connectivity index (χ3n) is 3.08. The second-order valence-electron chi connectivity index (χ2n) is 6.19. The highest BCUT2D eigenvalue weighted by molar-refractivity contribution is 7.09. The van der Waals surface area contributed by atoms with Crippen LogP contribution in [0.15, 0.2) is 35.7 Å². The molecule has 0 fully saturated rings. The Labute approximate surface area is 149 Å². The summed E-state index contributed by atoms with van der Waals surface area (Å²) in [4.78, 5) is 1.21. The predicted molar refractivity (Wildman–Crippen MR) is 100 cm³/mol. The number of ether oxygens (including phenoxy) is 2. The minimum absolute atomic E-state index is 0. The first kappa shape index (κ1) is 19.8. The summed E-state index contributed by atoms with van der Waals surface area (Å²) in [6, 6.07) is 10.3. The van der Waals surface area contributed by atoms with Gasteiger partial charge in [-0.1, -0.05) is 12.1 Å². The first-order valence-corrected chi connectivity index (χ1v) is 8.52. The summed E-state index contributed by atoms with van der Waals surface area (Å²) in [5, 5.41) is 5.55. The smallest absolute Gasteiger partial charge is 0.161 e. The van der Waals surface area contributed by atoms with Crippen LogP contribution in [0.5, 0.6) is 11.5 Å². The number of thiophene rings is 1. The van der Waals surface area contributed by atoms with Crippen molar-refractivity contribution in [2.75, 3.05) is 6.61 Å². The summed E-state index contributed by atoms with van der Waals surface area (Å²) < 4.78 is 11.6. The molecule has 3 nitrogen and oxygen atoms in total. The molecule has 23 heavy (non-hydrogen) atoms. The third-order valence-corrected chi connectivity index (χ3v) is 3.93. The fourth-order valence-electron chi connectivity index (χ4n) is 1.96. The van der Waals surface area contributed by atoms with E-state index in [4.69, 9.17) is 9.47 Å². The Hall–Kier alpha value is -1.23. The van der Waals surface area contributed by atoms with Gasteiger partial charge in [0.15, 0.2) is 11.5 Å². The van der Waals surface area contributed by atoms with Crippen molar-refractivity contribution in [3.05, 3.63) is 46.2 Å². The summed E-state index contributed by atoms with van der Waals surface area (Å²) in [5.74, 6) is 1.61. The lowest BCUT2D eigenvalue weighted by Gasteiger charge is -2.21. The van der Waals surface area contributed by atoms with Crippen LogP contribution in [0.25, 0.3) is 0 Å². The minimum Gasteiger partial charge on any atom is -0.490 e. The minimum atomic E-state index is 0. The summed E-state index contributed by atoms with van der Waals surface area (Å²) in [6.45, 7) is 10.5. The Morgan fingerprint density at radius 3 is 2.48 bits per heavy atom. The molecule has 0 atom stereocenters. The lowest BCUT2D eigenvalue weighted by atomic mass is 10.1. The molecule has 0 unspecified atom stereocenters. The van der Waals surface area contributed by atoms with E-state index in [0.717, 1.165) is 18.0 Å². The van der Waals surface area contributed by atoms with Crippen LogP contribution in [0.3, 0.4) is 0 Å². The van der Waals surface area contributed by atoms with Gasteiger partial charge in [0, 0.05) is 17.0 Å². The van der Waals surface area contributed by atoms with Crippen molar-refractivity contribution in [3.63, 3.8) is 0 Å². The maximum atomic E-state index is 5.90. The van der Waals surface area contributed by atoms with E-state index in [2.05, 4.69) is 49.7 Å². The topological polar surface area (TPSA) is 30.5 Å². The zero-order valence-corrected chi connectivity index (χ0v) is 15.9. The molecule has 1 aromatic carbocycles. The Kier molecular flexibility index (Phi) is 7.89.